The maximum absolute atomic E-state index is 11.6. The molecule has 86 valence electrons. The van der Waals surface area contributed by atoms with E-state index in [0.717, 1.165) is 25.7 Å². The zero-order valence-electron chi connectivity index (χ0n) is 9.42. The second kappa shape index (κ2) is 6.62. The number of hydrogen-bond donors (Lipinski definition) is 1. The van der Waals surface area contributed by atoms with E-state index in [4.69, 9.17) is 4.74 Å². The number of carbonyl (C=O) groups is 1. The molecule has 1 aliphatic rings. The van der Waals surface area contributed by atoms with Crippen LogP contribution < -0.4 is 0 Å². The van der Waals surface area contributed by atoms with Crippen LogP contribution in [0.1, 0.15) is 45.4 Å². The first kappa shape index (κ1) is 12.2. The Morgan fingerprint density at radius 1 is 1.33 bits per heavy atom. The van der Waals surface area contributed by atoms with Crippen LogP contribution in [0.4, 0.5) is 0 Å². The van der Waals surface area contributed by atoms with Gasteiger partial charge in [0.2, 0.25) is 0 Å². The van der Waals surface area contributed by atoms with Crippen molar-refractivity contribution in [2.24, 2.45) is 0 Å². The summed E-state index contributed by atoms with van der Waals surface area (Å²) in [5, 5.41) is 9.77. The van der Waals surface area contributed by atoms with Gasteiger partial charge in [-0.3, -0.25) is 4.79 Å². The standard InChI is InChI=1S/C12H20O3/c1-2-15-9-8-12(14)10-6-4-3-5-7-11(10)13/h14H,2-9H2,1H3. The van der Waals surface area contributed by atoms with Crippen LogP contribution in [0.3, 0.4) is 0 Å². The summed E-state index contributed by atoms with van der Waals surface area (Å²) in [6, 6.07) is 0. The summed E-state index contributed by atoms with van der Waals surface area (Å²) in [6.45, 7) is 3.07. The van der Waals surface area contributed by atoms with Gasteiger partial charge in [0.1, 0.15) is 5.76 Å². The first-order valence-corrected chi connectivity index (χ1v) is 5.77. The zero-order valence-corrected chi connectivity index (χ0v) is 9.42. The summed E-state index contributed by atoms with van der Waals surface area (Å²) in [5.41, 5.74) is 0.646. The van der Waals surface area contributed by atoms with Crippen molar-refractivity contribution >= 4 is 5.78 Å². The molecule has 0 aromatic heterocycles. The van der Waals surface area contributed by atoms with Crippen molar-refractivity contribution in [1.82, 2.24) is 0 Å². The van der Waals surface area contributed by atoms with Crippen LogP contribution in [0, 0.1) is 0 Å². The zero-order chi connectivity index (χ0) is 11.1. The molecular formula is C12H20O3. The minimum Gasteiger partial charge on any atom is -0.512 e. The average Bonchev–Trinajstić information content (AvgIpc) is 2.43. The fourth-order valence-corrected chi connectivity index (χ4v) is 1.82. The highest BCUT2D eigenvalue weighted by atomic mass is 16.5. The van der Waals surface area contributed by atoms with Crippen LogP contribution >= 0.6 is 0 Å². The highest BCUT2D eigenvalue weighted by Crippen LogP contribution is 2.22. The Morgan fingerprint density at radius 3 is 2.80 bits per heavy atom. The largest absolute Gasteiger partial charge is 0.512 e. The highest BCUT2D eigenvalue weighted by molar-refractivity contribution is 5.95. The molecule has 1 aliphatic carbocycles. The van der Waals surface area contributed by atoms with E-state index in [0.29, 0.717) is 31.6 Å². The lowest BCUT2D eigenvalue weighted by atomic mass is 10.0. The minimum absolute atomic E-state index is 0.126. The number of ketones is 1. The summed E-state index contributed by atoms with van der Waals surface area (Å²) in [6.07, 6.45) is 4.86. The molecule has 0 bridgehead atoms. The van der Waals surface area contributed by atoms with Gasteiger partial charge >= 0.3 is 0 Å². The van der Waals surface area contributed by atoms with Crippen molar-refractivity contribution in [2.45, 2.75) is 45.4 Å². The topological polar surface area (TPSA) is 46.5 Å². The number of aliphatic hydroxyl groups excluding tert-OH is 1. The van der Waals surface area contributed by atoms with Crippen molar-refractivity contribution in [3.8, 4) is 0 Å². The van der Waals surface area contributed by atoms with Gasteiger partial charge in [0.05, 0.1) is 6.61 Å². The molecule has 15 heavy (non-hydrogen) atoms. The third kappa shape index (κ3) is 4.04. The van der Waals surface area contributed by atoms with E-state index in [-0.39, 0.29) is 11.5 Å². The van der Waals surface area contributed by atoms with Crippen LogP contribution in [0.25, 0.3) is 0 Å². The first-order chi connectivity index (χ1) is 7.25. The number of hydrogen-bond acceptors (Lipinski definition) is 3. The molecule has 3 nitrogen and oxygen atoms in total. The number of rotatable bonds is 4. The Hall–Kier alpha value is -0.830. The molecular weight excluding hydrogens is 192 g/mol. The molecule has 1 N–H and O–H groups in total. The Kier molecular flexibility index (Phi) is 5.40. The molecule has 0 atom stereocenters. The summed E-state index contributed by atoms with van der Waals surface area (Å²) >= 11 is 0. The maximum Gasteiger partial charge on any atom is 0.162 e. The van der Waals surface area contributed by atoms with Gasteiger partial charge in [-0.05, 0) is 26.2 Å². The Bertz CT molecular complexity index is 243. The van der Waals surface area contributed by atoms with Gasteiger partial charge in [-0.2, -0.15) is 0 Å². The lowest BCUT2D eigenvalue weighted by molar-refractivity contribution is -0.115. The number of ether oxygens (including phenoxy) is 1. The van der Waals surface area contributed by atoms with E-state index in [1.807, 2.05) is 6.92 Å². The fraction of sp³-hybridized carbons (Fsp3) is 0.750. The smallest absolute Gasteiger partial charge is 0.162 e. The lowest BCUT2D eigenvalue weighted by Gasteiger charge is -2.07. The number of allylic oxidation sites excluding steroid dienone is 1. The third-order valence-electron chi connectivity index (χ3n) is 2.70. The Labute approximate surface area is 91.1 Å². The highest BCUT2D eigenvalue weighted by Gasteiger charge is 2.17. The summed E-state index contributed by atoms with van der Waals surface area (Å²) in [4.78, 5) is 11.6. The van der Waals surface area contributed by atoms with Crippen LogP contribution in [0.15, 0.2) is 11.3 Å². The summed E-state index contributed by atoms with van der Waals surface area (Å²) < 4.78 is 5.16. The molecule has 0 radical (unpaired) electrons. The predicted octanol–water partition coefficient (Wildman–Crippen LogP) is 2.76. The van der Waals surface area contributed by atoms with Crippen LogP contribution in [0.5, 0.6) is 0 Å². The SMILES string of the molecule is CCOCCC(O)=C1CCCCCC1=O. The maximum atomic E-state index is 11.6. The molecule has 3 heteroatoms. The number of carbonyl (C=O) groups excluding carboxylic acids is 1. The van der Waals surface area contributed by atoms with Crippen molar-refractivity contribution in [2.75, 3.05) is 13.2 Å². The van der Waals surface area contributed by atoms with Gasteiger partial charge in [-0.1, -0.05) is 6.42 Å². The average molecular weight is 212 g/mol. The third-order valence-corrected chi connectivity index (χ3v) is 2.70. The molecule has 1 saturated carbocycles. The first-order valence-electron chi connectivity index (χ1n) is 5.77. The second-order valence-electron chi connectivity index (χ2n) is 3.86. The van der Waals surface area contributed by atoms with Gasteiger partial charge in [-0.15, -0.1) is 0 Å². The monoisotopic (exact) mass is 212 g/mol. The van der Waals surface area contributed by atoms with Crippen molar-refractivity contribution in [3.63, 3.8) is 0 Å². The van der Waals surface area contributed by atoms with Gasteiger partial charge in [-0.25, -0.2) is 0 Å². The fourth-order valence-electron chi connectivity index (χ4n) is 1.82. The minimum atomic E-state index is 0.126. The second-order valence-corrected chi connectivity index (χ2v) is 3.86. The predicted molar refractivity (Wildman–Crippen MR) is 58.9 cm³/mol. The molecule has 1 fully saturated rings. The van der Waals surface area contributed by atoms with E-state index in [2.05, 4.69) is 0 Å². The van der Waals surface area contributed by atoms with E-state index in [9.17, 15) is 9.90 Å². The lowest BCUT2D eigenvalue weighted by Crippen LogP contribution is -2.06. The van der Waals surface area contributed by atoms with E-state index >= 15 is 0 Å². The molecule has 0 saturated heterocycles. The van der Waals surface area contributed by atoms with Crippen molar-refractivity contribution in [1.29, 1.82) is 0 Å². The normalized spacial score (nSPS) is 21.3. The van der Waals surface area contributed by atoms with Crippen LogP contribution in [-0.4, -0.2) is 24.1 Å². The molecule has 0 spiro atoms. The van der Waals surface area contributed by atoms with E-state index in [1.165, 1.54) is 0 Å². The molecule has 1 rings (SSSR count). The van der Waals surface area contributed by atoms with Crippen LogP contribution in [-0.2, 0) is 9.53 Å². The summed E-state index contributed by atoms with van der Waals surface area (Å²) in [7, 11) is 0. The summed E-state index contributed by atoms with van der Waals surface area (Å²) in [5.74, 6) is 0.372. The molecule has 0 amide bonds. The molecule has 0 aromatic carbocycles. The van der Waals surface area contributed by atoms with Gasteiger partial charge < -0.3 is 9.84 Å². The quantitative estimate of drug-likeness (QED) is 0.337. The Morgan fingerprint density at radius 2 is 2.07 bits per heavy atom. The number of Topliss-reactive ketones (excluding diaryl/α,β-unsaturated/α-hetero) is 1. The molecule has 0 aliphatic heterocycles. The molecule has 0 unspecified atom stereocenters. The number of aliphatic hydroxyl groups is 1. The van der Waals surface area contributed by atoms with Crippen molar-refractivity contribution in [3.05, 3.63) is 11.3 Å². The van der Waals surface area contributed by atoms with E-state index in [1.54, 1.807) is 0 Å². The van der Waals surface area contributed by atoms with Gasteiger partial charge in [0.15, 0.2) is 5.78 Å². The van der Waals surface area contributed by atoms with E-state index < -0.39 is 0 Å². The van der Waals surface area contributed by atoms with Gasteiger partial charge in [0, 0.05) is 25.0 Å². The Balaban J connectivity index is 2.54. The van der Waals surface area contributed by atoms with Crippen molar-refractivity contribution < 1.29 is 14.6 Å². The molecule has 0 aromatic rings. The van der Waals surface area contributed by atoms with Crippen LogP contribution in [0.2, 0.25) is 0 Å². The van der Waals surface area contributed by atoms with Gasteiger partial charge in [0.25, 0.3) is 0 Å². The molecule has 0 heterocycles.